The molecule has 88 valence electrons. The number of halogens is 1. The van der Waals surface area contributed by atoms with Gasteiger partial charge in [-0.3, -0.25) is 4.79 Å². The highest BCUT2D eigenvalue weighted by molar-refractivity contribution is 6.30. The number of fused-ring (bicyclic) bond motifs is 3. The lowest BCUT2D eigenvalue weighted by Gasteiger charge is -2.23. The third kappa shape index (κ3) is 1.44. The number of hydrogen-bond donors (Lipinski definition) is 1. The van der Waals surface area contributed by atoms with E-state index in [0.29, 0.717) is 17.4 Å². The van der Waals surface area contributed by atoms with Gasteiger partial charge in [-0.2, -0.15) is 0 Å². The second-order valence-electron chi connectivity index (χ2n) is 4.47. The second-order valence-corrected chi connectivity index (χ2v) is 4.83. The minimum Gasteiger partial charge on any atom is -0.349 e. The van der Waals surface area contributed by atoms with Gasteiger partial charge >= 0.3 is 0 Å². The van der Waals surface area contributed by atoms with Crippen molar-refractivity contribution < 1.29 is 4.79 Å². The van der Waals surface area contributed by atoms with Crippen molar-refractivity contribution in [3.05, 3.63) is 28.5 Å². The van der Waals surface area contributed by atoms with Crippen molar-refractivity contribution in [2.24, 2.45) is 0 Å². The van der Waals surface area contributed by atoms with Crippen molar-refractivity contribution in [2.45, 2.75) is 19.9 Å². The fraction of sp³-hybridized carbons (Fsp3) is 0.333. The van der Waals surface area contributed by atoms with Crippen LogP contribution in [0.25, 0.3) is 11.0 Å². The highest BCUT2D eigenvalue weighted by Crippen LogP contribution is 2.28. The number of carbonyl (C=O) groups excluding carboxylic acids is 1. The van der Waals surface area contributed by atoms with E-state index in [1.54, 1.807) is 0 Å². The summed E-state index contributed by atoms with van der Waals surface area (Å²) < 4.78 is 1.96. The van der Waals surface area contributed by atoms with E-state index in [2.05, 4.69) is 17.2 Å². The van der Waals surface area contributed by atoms with Gasteiger partial charge in [0.25, 0.3) is 5.91 Å². The predicted octanol–water partition coefficient (Wildman–Crippen LogP) is 2.30. The minimum absolute atomic E-state index is 0.0464. The van der Waals surface area contributed by atoms with Gasteiger partial charge in [0, 0.05) is 11.9 Å². The maximum absolute atomic E-state index is 11.8. The van der Waals surface area contributed by atoms with Crippen LogP contribution in [0.1, 0.15) is 29.0 Å². The quantitative estimate of drug-likeness (QED) is 0.729. The number of pyridine rings is 1. The van der Waals surface area contributed by atoms with Crippen molar-refractivity contribution in [3.8, 4) is 0 Å². The average Bonchev–Trinajstić information content (AvgIpc) is 2.64. The molecule has 1 amide bonds. The van der Waals surface area contributed by atoms with Crippen molar-refractivity contribution >= 4 is 28.5 Å². The Kier molecular flexibility index (Phi) is 2.16. The molecule has 1 atom stereocenters. The zero-order valence-corrected chi connectivity index (χ0v) is 10.4. The van der Waals surface area contributed by atoms with E-state index in [4.69, 9.17) is 11.6 Å². The monoisotopic (exact) mass is 249 g/mol. The molecule has 4 nitrogen and oxygen atoms in total. The van der Waals surface area contributed by atoms with Gasteiger partial charge in [-0.05, 0) is 31.5 Å². The summed E-state index contributed by atoms with van der Waals surface area (Å²) in [5.41, 5.74) is 2.38. The summed E-state index contributed by atoms with van der Waals surface area (Å²) >= 11 is 6.05. The molecule has 0 spiro atoms. The number of rotatable bonds is 0. The van der Waals surface area contributed by atoms with Gasteiger partial charge in [0.2, 0.25) is 0 Å². The number of aromatic nitrogens is 2. The molecule has 1 unspecified atom stereocenters. The maximum atomic E-state index is 11.8. The van der Waals surface area contributed by atoms with E-state index in [1.165, 1.54) is 0 Å². The molecule has 0 bridgehead atoms. The highest BCUT2D eigenvalue weighted by atomic mass is 35.5. The van der Waals surface area contributed by atoms with Crippen molar-refractivity contribution in [3.63, 3.8) is 0 Å². The van der Waals surface area contributed by atoms with Crippen LogP contribution in [-0.2, 0) is 0 Å². The summed E-state index contributed by atoms with van der Waals surface area (Å²) in [6, 6.07) is 4.04. The Morgan fingerprint density at radius 1 is 1.53 bits per heavy atom. The molecule has 17 heavy (non-hydrogen) atoms. The normalized spacial score (nSPS) is 19.2. The largest absolute Gasteiger partial charge is 0.349 e. The zero-order chi connectivity index (χ0) is 12.2. The molecule has 0 saturated heterocycles. The lowest BCUT2D eigenvalue weighted by atomic mass is 10.2. The molecule has 2 aromatic heterocycles. The Morgan fingerprint density at radius 2 is 2.29 bits per heavy atom. The van der Waals surface area contributed by atoms with Crippen molar-refractivity contribution in [1.82, 2.24) is 14.9 Å². The molecule has 3 rings (SSSR count). The number of carbonyl (C=O) groups is 1. The lowest BCUT2D eigenvalue weighted by molar-refractivity contribution is 0.0919. The first-order chi connectivity index (χ1) is 8.08. The summed E-state index contributed by atoms with van der Waals surface area (Å²) in [6.45, 7) is 4.59. The third-order valence-electron chi connectivity index (χ3n) is 3.17. The van der Waals surface area contributed by atoms with E-state index >= 15 is 0 Å². The molecular formula is C12H12ClN3O. The number of aryl methyl sites for hydroxylation is 1. The molecular weight excluding hydrogens is 238 g/mol. The van der Waals surface area contributed by atoms with E-state index in [1.807, 2.05) is 23.6 Å². The van der Waals surface area contributed by atoms with Gasteiger partial charge in [0.1, 0.15) is 16.5 Å². The summed E-state index contributed by atoms with van der Waals surface area (Å²) in [6.07, 6.45) is 0. The van der Waals surface area contributed by atoms with Crippen LogP contribution >= 0.6 is 11.6 Å². The molecule has 1 aliphatic rings. The van der Waals surface area contributed by atoms with Gasteiger partial charge < -0.3 is 9.88 Å². The van der Waals surface area contributed by atoms with Crippen molar-refractivity contribution in [1.29, 1.82) is 0 Å². The summed E-state index contributed by atoms with van der Waals surface area (Å²) in [4.78, 5) is 16.2. The Labute approximate surface area is 104 Å². The van der Waals surface area contributed by atoms with E-state index < -0.39 is 0 Å². The number of nitrogens with one attached hydrogen (secondary N) is 1. The minimum atomic E-state index is -0.0464. The van der Waals surface area contributed by atoms with E-state index in [9.17, 15) is 4.79 Å². The SMILES string of the molecule is Cc1cc2cc3n(c2nc1Cl)C(C)CNC3=O. The van der Waals surface area contributed by atoms with Gasteiger partial charge in [-0.15, -0.1) is 0 Å². The Balaban J connectivity index is 2.38. The van der Waals surface area contributed by atoms with Gasteiger partial charge in [-0.1, -0.05) is 11.6 Å². The van der Waals surface area contributed by atoms with Crippen LogP contribution in [0.3, 0.4) is 0 Å². The molecule has 0 fully saturated rings. The molecule has 0 aromatic carbocycles. The molecule has 3 heterocycles. The van der Waals surface area contributed by atoms with Crippen LogP contribution in [0, 0.1) is 6.92 Å². The molecule has 0 saturated carbocycles. The first-order valence-corrected chi connectivity index (χ1v) is 5.92. The zero-order valence-electron chi connectivity index (χ0n) is 9.62. The van der Waals surface area contributed by atoms with Crippen molar-refractivity contribution in [2.75, 3.05) is 6.54 Å². The average molecular weight is 250 g/mol. The molecule has 1 N–H and O–H groups in total. The second kappa shape index (κ2) is 3.47. The molecule has 5 heteroatoms. The maximum Gasteiger partial charge on any atom is 0.268 e. The fourth-order valence-electron chi connectivity index (χ4n) is 2.28. The highest BCUT2D eigenvalue weighted by Gasteiger charge is 2.25. The molecule has 2 aromatic rings. The topological polar surface area (TPSA) is 46.9 Å². The van der Waals surface area contributed by atoms with Crippen LogP contribution in [0.5, 0.6) is 0 Å². The number of amides is 1. The van der Waals surface area contributed by atoms with Crippen LogP contribution < -0.4 is 5.32 Å². The van der Waals surface area contributed by atoms with Crippen LogP contribution in [0.4, 0.5) is 0 Å². The van der Waals surface area contributed by atoms with E-state index in [0.717, 1.165) is 16.6 Å². The standard InChI is InChI=1S/C12H12ClN3O/c1-6-3-8-4-9-12(17)14-5-7(2)16(9)11(8)15-10(6)13/h3-4,7H,5H2,1-2H3,(H,14,17). The van der Waals surface area contributed by atoms with Gasteiger partial charge in [-0.25, -0.2) is 4.98 Å². The third-order valence-corrected chi connectivity index (χ3v) is 3.55. The fourth-order valence-corrected chi connectivity index (χ4v) is 2.41. The smallest absolute Gasteiger partial charge is 0.268 e. The Bertz CT molecular complexity index is 632. The number of hydrogen-bond acceptors (Lipinski definition) is 2. The summed E-state index contributed by atoms with van der Waals surface area (Å²) in [5.74, 6) is -0.0464. The van der Waals surface area contributed by atoms with Gasteiger partial charge in [0.05, 0.1) is 6.04 Å². The van der Waals surface area contributed by atoms with Crippen LogP contribution in [-0.4, -0.2) is 22.0 Å². The molecule has 0 aliphatic carbocycles. The number of nitrogens with zero attached hydrogens (tertiary/aromatic N) is 2. The first-order valence-electron chi connectivity index (χ1n) is 5.54. The van der Waals surface area contributed by atoms with Gasteiger partial charge in [0.15, 0.2) is 0 Å². The molecule has 1 aliphatic heterocycles. The summed E-state index contributed by atoms with van der Waals surface area (Å²) in [5, 5.41) is 4.32. The van der Waals surface area contributed by atoms with E-state index in [-0.39, 0.29) is 11.9 Å². The molecule has 0 radical (unpaired) electrons. The first kappa shape index (κ1) is 10.6. The summed E-state index contributed by atoms with van der Waals surface area (Å²) in [7, 11) is 0. The van der Waals surface area contributed by atoms with Crippen LogP contribution in [0.2, 0.25) is 5.15 Å². The lowest BCUT2D eigenvalue weighted by Crippen LogP contribution is -2.37. The van der Waals surface area contributed by atoms with Crippen LogP contribution in [0.15, 0.2) is 12.1 Å². The Morgan fingerprint density at radius 3 is 3.06 bits per heavy atom. The Hall–Kier alpha value is -1.55. The predicted molar refractivity (Wildman–Crippen MR) is 66.5 cm³/mol.